The van der Waals surface area contributed by atoms with E-state index in [0.29, 0.717) is 0 Å². The molecule has 1 aromatic heterocycles. The van der Waals surface area contributed by atoms with Gasteiger partial charge in [-0.2, -0.15) is 0 Å². The molecule has 0 unspecified atom stereocenters. The third-order valence-corrected chi connectivity index (χ3v) is 5.30. The maximum absolute atomic E-state index is 13.9. The summed E-state index contributed by atoms with van der Waals surface area (Å²) in [7, 11) is 0. The molecule has 1 heterocycles. The van der Waals surface area contributed by atoms with Crippen molar-refractivity contribution in [3.05, 3.63) is 87.6 Å². The number of ether oxygens (including phenoxy) is 1. The molecule has 33 heavy (non-hydrogen) atoms. The van der Waals surface area contributed by atoms with Gasteiger partial charge < -0.3 is 19.4 Å². The normalized spacial score (nSPS) is 11.7. The van der Waals surface area contributed by atoms with Crippen LogP contribution in [0.2, 0.25) is 0 Å². The molecule has 0 radical (unpaired) electrons. The van der Waals surface area contributed by atoms with E-state index in [2.05, 4.69) is 20.8 Å². The molecule has 0 amide bonds. The second-order valence-electron chi connectivity index (χ2n) is 8.79. The van der Waals surface area contributed by atoms with Crippen LogP contribution in [0.4, 0.5) is 8.78 Å². The Bertz CT molecular complexity index is 1400. The summed E-state index contributed by atoms with van der Waals surface area (Å²) in [5, 5.41) is 19.8. The van der Waals surface area contributed by atoms with Crippen LogP contribution in [-0.2, 0) is 12.0 Å². The molecule has 0 bridgehead atoms. The van der Waals surface area contributed by atoms with Crippen LogP contribution in [-0.4, -0.2) is 10.2 Å². The lowest BCUT2D eigenvalue weighted by Crippen LogP contribution is -2.12. The fourth-order valence-electron chi connectivity index (χ4n) is 3.48. The second-order valence-corrected chi connectivity index (χ2v) is 8.79. The Balaban J connectivity index is 1.82. The SMILES string of the molecule is CC(C)(C)c1ccc(COc2c(-c3ccc(F)c(F)c3)oc3cc(O)cc(O)c3c2=O)cc1. The summed E-state index contributed by atoms with van der Waals surface area (Å²) in [5.74, 6) is -3.42. The van der Waals surface area contributed by atoms with E-state index in [1.54, 1.807) is 0 Å². The zero-order chi connectivity index (χ0) is 23.9. The van der Waals surface area contributed by atoms with Crippen molar-refractivity contribution in [3.63, 3.8) is 0 Å². The van der Waals surface area contributed by atoms with Crippen LogP contribution in [0.15, 0.2) is 63.8 Å². The van der Waals surface area contributed by atoms with Gasteiger partial charge in [-0.15, -0.1) is 0 Å². The number of phenols is 2. The van der Waals surface area contributed by atoms with Gasteiger partial charge in [0.1, 0.15) is 29.1 Å². The van der Waals surface area contributed by atoms with Crippen LogP contribution >= 0.6 is 0 Å². The van der Waals surface area contributed by atoms with Crippen molar-refractivity contribution >= 4 is 11.0 Å². The number of fused-ring (bicyclic) bond motifs is 1. The highest BCUT2D eigenvalue weighted by molar-refractivity contribution is 5.88. The summed E-state index contributed by atoms with van der Waals surface area (Å²) in [5.41, 5.74) is 1.10. The van der Waals surface area contributed by atoms with Crippen molar-refractivity contribution < 1.29 is 28.1 Å². The van der Waals surface area contributed by atoms with Crippen LogP contribution in [0.25, 0.3) is 22.3 Å². The molecule has 0 aliphatic heterocycles. The van der Waals surface area contributed by atoms with E-state index in [1.165, 1.54) is 6.07 Å². The summed E-state index contributed by atoms with van der Waals surface area (Å²) >= 11 is 0. The van der Waals surface area contributed by atoms with Gasteiger partial charge in [0.05, 0.1) is 0 Å². The molecule has 0 saturated heterocycles. The molecule has 4 aromatic rings. The van der Waals surface area contributed by atoms with Crippen LogP contribution in [0.3, 0.4) is 0 Å². The molecule has 0 saturated carbocycles. The Hall–Kier alpha value is -3.87. The molecule has 3 aromatic carbocycles. The first-order valence-corrected chi connectivity index (χ1v) is 10.2. The molecular formula is C26H22F2O5. The Morgan fingerprint density at radius 3 is 2.27 bits per heavy atom. The minimum atomic E-state index is -1.13. The lowest BCUT2D eigenvalue weighted by Gasteiger charge is -2.19. The van der Waals surface area contributed by atoms with E-state index in [4.69, 9.17) is 9.15 Å². The number of rotatable bonds is 4. The van der Waals surface area contributed by atoms with Crippen LogP contribution in [0, 0.1) is 11.6 Å². The van der Waals surface area contributed by atoms with Gasteiger partial charge in [0, 0.05) is 17.7 Å². The maximum atomic E-state index is 13.9. The smallest absolute Gasteiger partial charge is 0.239 e. The fourth-order valence-corrected chi connectivity index (χ4v) is 3.48. The molecule has 170 valence electrons. The number of halogens is 2. The number of phenolic OH excluding ortho intramolecular Hbond substituents is 2. The number of aromatic hydroxyl groups is 2. The zero-order valence-electron chi connectivity index (χ0n) is 18.3. The number of hydrogen-bond acceptors (Lipinski definition) is 5. The topological polar surface area (TPSA) is 79.9 Å². The molecule has 2 N–H and O–H groups in total. The van der Waals surface area contributed by atoms with Gasteiger partial charge in [0.2, 0.25) is 11.2 Å². The molecule has 0 spiro atoms. The standard InChI is InChI=1S/C26H22F2O5/c1-26(2,3)16-7-4-14(5-8-16)13-32-25-23(31)22-20(30)11-17(29)12-21(22)33-24(25)15-6-9-18(27)19(28)10-15/h4-12,29-30H,13H2,1-3H3. The summed E-state index contributed by atoms with van der Waals surface area (Å²) in [4.78, 5) is 13.2. The highest BCUT2D eigenvalue weighted by Gasteiger charge is 2.22. The molecule has 0 fully saturated rings. The Kier molecular flexibility index (Phi) is 5.57. The van der Waals surface area contributed by atoms with Gasteiger partial charge in [0.25, 0.3) is 0 Å². The minimum absolute atomic E-state index is 0.00376. The lowest BCUT2D eigenvalue weighted by atomic mass is 9.87. The average Bonchev–Trinajstić information content (AvgIpc) is 2.74. The third kappa shape index (κ3) is 4.39. The number of hydrogen-bond donors (Lipinski definition) is 2. The minimum Gasteiger partial charge on any atom is -0.508 e. The van der Waals surface area contributed by atoms with Crippen molar-refractivity contribution in [1.82, 2.24) is 0 Å². The first kappa shape index (κ1) is 22.3. The first-order chi connectivity index (χ1) is 15.5. The maximum Gasteiger partial charge on any atom is 0.239 e. The van der Waals surface area contributed by atoms with Gasteiger partial charge >= 0.3 is 0 Å². The summed E-state index contributed by atoms with van der Waals surface area (Å²) in [6.45, 7) is 6.28. The predicted molar refractivity (Wildman–Crippen MR) is 121 cm³/mol. The lowest BCUT2D eigenvalue weighted by molar-refractivity contribution is 0.297. The van der Waals surface area contributed by atoms with Crippen LogP contribution in [0.5, 0.6) is 17.2 Å². The molecule has 0 atom stereocenters. The predicted octanol–water partition coefficient (Wildman–Crippen LogP) is 6.03. The van der Waals surface area contributed by atoms with Gasteiger partial charge in [-0.05, 0) is 34.7 Å². The van der Waals surface area contributed by atoms with E-state index in [-0.39, 0.29) is 45.8 Å². The average molecular weight is 452 g/mol. The van der Waals surface area contributed by atoms with E-state index >= 15 is 0 Å². The Morgan fingerprint density at radius 2 is 1.64 bits per heavy atom. The van der Waals surface area contributed by atoms with E-state index in [1.807, 2.05) is 24.3 Å². The second kappa shape index (κ2) is 8.24. The van der Waals surface area contributed by atoms with Crippen LogP contribution in [0.1, 0.15) is 31.9 Å². The van der Waals surface area contributed by atoms with Gasteiger partial charge in [0.15, 0.2) is 17.4 Å². The van der Waals surface area contributed by atoms with Gasteiger partial charge in [-0.25, -0.2) is 8.78 Å². The molecule has 0 aliphatic carbocycles. The fraction of sp³-hybridized carbons (Fsp3) is 0.192. The highest BCUT2D eigenvalue weighted by Crippen LogP contribution is 2.36. The third-order valence-electron chi connectivity index (χ3n) is 5.30. The molecule has 4 rings (SSSR count). The van der Waals surface area contributed by atoms with Crippen molar-refractivity contribution in [2.75, 3.05) is 0 Å². The van der Waals surface area contributed by atoms with Gasteiger partial charge in [-0.1, -0.05) is 45.0 Å². The summed E-state index contributed by atoms with van der Waals surface area (Å²) in [6.07, 6.45) is 0. The van der Waals surface area contributed by atoms with Crippen molar-refractivity contribution in [2.24, 2.45) is 0 Å². The quantitative estimate of drug-likeness (QED) is 0.395. The van der Waals surface area contributed by atoms with E-state index < -0.39 is 22.8 Å². The highest BCUT2D eigenvalue weighted by atomic mass is 19.2. The zero-order valence-corrected chi connectivity index (χ0v) is 18.3. The van der Waals surface area contributed by atoms with Crippen molar-refractivity contribution in [2.45, 2.75) is 32.8 Å². The first-order valence-electron chi connectivity index (χ1n) is 10.2. The van der Waals surface area contributed by atoms with E-state index in [0.717, 1.165) is 35.4 Å². The molecular weight excluding hydrogens is 430 g/mol. The van der Waals surface area contributed by atoms with Crippen molar-refractivity contribution in [1.29, 1.82) is 0 Å². The number of benzene rings is 3. The van der Waals surface area contributed by atoms with Crippen molar-refractivity contribution in [3.8, 4) is 28.6 Å². The Morgan fingerprint density at radius 1 is 0.939 bits per heavy atom. The van der Waals surface area contributed by atoms with E-state index in [9.17, 15) is 23.8 Å². The monoisotopic (exact) mass is 452 g/mol. The molecule has 7 heteroatoms. The summed E-state index contributed by atoms with van der Waals surface area (Å²) in [6, 6.07) is 12.9. The Labute approximate surface area is 188 Å². The molecule has 0 aliphatic rings. The van der Waals surface area contributed by atoms with Gasteiger partial charge in [-0.3, -0.25) is 4.79 Å². The van der Waals surface area contributed by atoms with Crippen LogP contribution < -0.4 is 10.2 Å². The summed E-state index contributed by atoms with van der Waals surface area (Å²) < 4.78 is 38.9. The largest absolute Gasteiger partial charge is 0.508 e. The molecule has 5 nitrogen and oxygen atoms in total.